The number of carbonyl (C=O) groups is 1. The fourth-order valence-corrected chi connectivity index (χ4v) is 5.29. The van der Waals surface area contributed by atoms with Crippen LogP contribution in [0.15, 0.2) is 41.2 Å². The first-order chi connectivity index (χ1) is 16.0. The van der Waals surface area contributed by atoms with Gasteiger partial charge >= 0.3 is 5.97 Å². The van der Waals surface area contributed by atoms with Crippen molar-refractivity contribution in [2.45, 2.75) is 58.2 Å². The molecule has 2 unspecified atom stereocenters. The molecule has 2 aromatic carbocycles. The molecule has 7 heteroatoms. The van der Waals surface area contributed by atoms with Gasteiger partial charge in [-0.1, -0.05) is 18.2 Å². The van der Waals surface area contributed by atoms with Crippen molar-refractivity contribution in [1.82, 2.24) is 9.55 Å². The molecule has 0 bridgehead atoms. The number of hydrogen-bond donors (Lipinski definition) is 1. The number of methoxy groups -OCH3 is 1. The average molecular weight is 447 g/mol. The van der Waals surface area contributed by atoms with Crippen LogP contribution in [0.25, 0.3) is 10.9 Å². The summed E-state index contributed by atoms with van der Waals surface area (Å²) >= 11 is 0. The van der Waals surface area contributed by atoms with Gasteiger partial charge in [0.2, 0.25) is 5.95 Å². The van der Waals surface area contributed by atoms with Crippen LogP contribution < -0.4 is 15.8 Å². The second kappa shape index (κ2) is 8.54. The van der Waals surface area contributed by atoms with Gasteiger partial charge in [0.15, 0.2) is 0 Å². The molecule has 2 atom stereocenters. The third kappa shape index (κ3) is 3.75. The summed E-state index contributed by atoms with van der Waals surface area (Å²) in [5.74, 6) is 0.414. The largest absolute Gasteiger partial charge is 0.465 e. The van der Waals surface area contributed by atoms with Crippen LogP contribution in [0.5, 0.6) is 0 Å². The van der Waals surface area contributed by atoms with E-state index < -0.39 is 0 Å². The number of fused-ring (bicyclic) bond motifs is 4. The Balaban J connectivity index is 1.61. The van der Waals surface area contributed by atoms with Gasteiger partial charge in [-0.3, -0.25) is 9.36 Å². The SMILES string of the molecule is COC(=O)c1ccccc1NC(C)c1cc(C)cc2c(=O)n3c(nc12)N1CCCCC1CC3. The summed E-state index contributed by atoms with van der Waals surface area (Å²) in [6, 6.07) is 11.6. The highest BCUT2D eigenvalue weighted by atomic mass is 16.5. The number of nitrogens with one attached hydrogen (secondary N) is 1. The van der Waals surface area contributed by atoms with Crippen LogP contribution in [0.1, 0.15) is 60.1 Å². The van der Waals surface area contributed by atoms with Crippen molar-refractivity contribution in [3.63, 3.8) is 0 Å². The normalized spacial score (nSPS) is 18.4. The van der Waals surface area contributed by atoms with E-state index in [9.17, 15) is 9.59 Å². The van der Waals surface area contributed by atoms with Crippen LogP contribution >= 0.6 is 0 Å². The topological polar surface area (TPSA) is 76.5 Å². The average Bonchev–Trinajstić information content (AvgIpc) is 2.84. The summed E-state index contributed by atoms with van der Waals surface area (Å²) in [5.41, 5.74) is 3.90. The Morgan fingerprint density at radius 3 is 2.82 bits per heavy atom. The Morgan fingerprint density at radius 2 is 2.00 bits per heavy atom. The van der Waals surface area contributed by atoms with Gasteiger partial charge in [-0.2, -0.15) is 0 Å². The number of aromatic nitrogens is 2. The molecule has 1 saturated heterocycles. The minimum atomic E-state index is -0.388. The predicted octanol–water partition coefficient (Wildman–Crippen LogP) is 4.43. The first-order valence-corrected chi connectivity index (χ1v) is 11.7. The summed E-state index contributed by atoms with van der Waals surface area (Å²) in [5, 5.41) is 4.11. The molecule has 0 spiro atoms. The molecular weight excluding hydrogens is 416 g/mol. The third-order valence-corrected chi connectivity index (χ3v) is 6.95. The molecular formula is C26H30N4O3. The standard InChI is InChI=1S/C26H30N4O3/c1-16-14-20(17(2)27-22-10-5-4-9-19(22)25(32)33-3)23-21(15-16)24(31)30-13-11-18-8-6-7-12-29(18)26(30)28-23/h4-5,9-10,14-15,17-18,27H,6-8,11-13H2,1-3H3. The molecule has 7 nitrogen and oxygen atoms in total. The molecule has 3 aromatic rings. The number of para-hydroxylation sites is 1. The van der Waals surface area contributed by atoms with Gasteiger partial charge < -0.3 is 15.0 Å². The van der Waals surface area contributed by atoms with Gasteiger partial charge in [-0.05, 0) is 63.3 Å². The van der Waals surface area contributed by atoms with Crippen molar-refractivity contribution >= 4 is 28.5 Å². The molecule has 0 amide bonds. The molecule has 172 valence electrons. The van der Waals surface area contributed by atoms with Crippen LogP contribution in [0.2, 0.25) is 0 Å². The van der Waals surface area contributed by atoms with Crippen molar-refractivity contribution in [2.24, 2.45) is 0 Å². The van der Waals surface area contributed by atoms with E-state index >= 15 is 0 Å². The second-order valence-electron chi connectivity index (χ2n) is 9.15. The molecule has 0 radical (unpaired) electrons. The zero-order valence-corrected chi connectivity index (χ0v) is 19.4. The first kappa shape index (κ1) is 21.5. The van der Waals surface area contributed by atoms with E-state index in [1.807, 2.05) is 42.7 Å². The van der Waals surface area contributed by atoms with Gasteiger partial charge in [0.05, 0.1) is 29.6 Å². The smallest absolute Gasteiger partial charge is 0.339 e. The number of rotatable bonds is 4. The quantitative estimate of drug-likeness (QED) is 0.598. The number of carbonyl (C=O) groups excluding carboxylic acids is 1. The van der Waals surface area contributed by atoms with Crippen molar-refractivity contribution in [2.75, 3.05) is 23.9 Å². The van der Waals surface area contributed by atoms with Crippen LogP contribution in [0.3, 0.4) is 0 Å². The van der Waals surface area contributed by atoms with Crippen molar-refractivity contribution < 1.29 is 9.53 Å². The van der Waals surface area contributed by atoms with Crippen molar-refractivity contribution in [3.05, 3.63) is 63.4 Å². The summed E-state index contributed by atoms with van der Waals surface area (Å²) in [7, 11) is 1.38. The van der Waals surface area contributed by atoms with Gasteiger partial charge in [0, 0.05) is 30.4 Å². The molecule has 0 aliphatic carbocycles. The molecule has 33 heavy (non-hydrogen) atoms. The van der Waals surface area contributed by atoms with E-state index in [4.69, 9.17) is 9.72 Å². The predicted molar refractivity (Wildman–Crippen MR) is 130 cm³/mol. The highest BCUT2D eigenvalue weighted by Gasteiger charge is 2.31. The number of ether oxygens (including phenoxy) is 1. The fraction of sp³-hybridized carbons (Fsp3) is 0.423. The molecule has 2 aliphatic rings. The van der Waals surface area contributed by atoms with Crippen LogP contribution in [-0.2, 0) is 11.3 Å². The van der Waals surface area contributed by atoms with Crippen molar-refractivity contribution in [1.29, 1.82) is 0 Å². The number of benzene rings is 2. The number of nitrogens with zero attached hydrogens (tertiary/aromatic N) is 3. The lowest BCUT2D eigenvalue weighted by atomic mass is 9.97. The fourth-order valence-electron chi connectivity index (χ4n) is 5.29. The van der Waals surface area contributed by atoms with Crippen LogP contribution in [-0.4, -0.2) is 35.2 Å². The van der Waals surface area contributed by atoms with E-state index in [1.54, 1.807) is 6.07 Å². The molecule has 3 heterocycles. The lowest BCUT2D eigenvalue weighted by molar-refractivity contribution is 0.0602. The maximum absolute atomic E-state index is 13.5. The molecule has 2 aliphatic heterocycles. The van der Waals surface area contributed by atoms with Crippen LogP contribution in [0, 0.1) is 6.92 Å². The first-order valence-electron chi connectivity index (χ1n) is 11.7. The summed E-state index contributed by atoms with van der Waals surface area (Å²) < 4.78 is 6.80. The minimum Gasteiger partial charge on any atom is -0.465 e. The Kier molecular flexibility index (Phi) is 5.56. The lowest BCUT2D eigenvalue weighted by Gasteiger charge is -2.41. The zero-order valence-electron chi connectivity index (χ0n) is 19.4. The van der Waals surface area contributed by atoms with E-state index in [0.717, 1.165) is 54.9 Å². The maximum Gasteiger partial charge on any atom is 0.339 e. The number of hydrogen-bond acceptors (Lipinski definition) is 6. The van der Waals surface area contributed by atoms with Crippen molar-refractivity contribution in [3.8, 4) is 0 Å². The minimum absolute atomic E-state index is 0.0335. The second-order valence-corrected chi connectivity index (χ2v) is 9.15. The van der Waals surface area contributed by atoms with Crippen LogP contribution in [0.4, 0.5) is 11.6 Å². The monoisotopic (exact) mass is 446 g/mol. The Bertz CT molecular complexity index is 1280. The van der Waals surface area contributed by atoms with E-state index in [-0.39, 0.29) is 17.6 Å². The molecule has 1 aromatic heterocycles. The highest BCUT2D eigenvalue weighted by molar-refractivity contribution is 5.95. The van der Waals surface area contributed by atoms with Gasteiger partial charge in [-0.15, -0.1) is 0 Å². The van der Waals surface area contributed by atoms with Gasteiger partial charge in [0.25, 0.3) is 5.56 Å². The Morgan fingerprint density at radius 1 is 1.18 bits per heavy atom. The molecule has 1 N–H and O–H groups in total. The molecule has 0 saturated carbocycles. The van der Waals surface area contributed by atoms with Gasteiger partial charge in [0.1, 0.15) is 0 Å². The number of esters is 1. The summed E-state index contributed by atoms with van der Waals surface area (Å²) in [4.78, 5) is 33.2. The number of piperidine rings is 1. The third-order valence-electron chi connectivity index (χ3n) is 6.95. The van der Waals surface area contributed by atoms with E-state index in [0.29, 0.717) is 22.7 Å². The maximum atomic E-state index is 13.5. The summed E-state index contributed by atoms with van der Waals surface area (Å²) in [6.07, 6.45) is 4.54. The summed E-state index contributed by atoms with van der Waals surface area (Å²) in [6.45, 7) is 5.71. The number of anilines is 2. The van der Waals surface area contributed by atoms with Gasteiger partial charge in [-0.25, -0.2) is 9.78 Å². The Labute approximate surface area is 193 Å². The molecule has 5 rings (SSSR count). The highest BCUT2D eigenvalue weighted by Crippen LogP contribution is 2.33. The Hall–Kier alpha value is -3.35. The lowest BCUT2D eigenvalue weighted by Crippen LogP contribution is -2.48. The van der Waals surface area contributed by atoms with E-state index in [1.165, 1.54) is 13.5 Å². The van der Waals surface area contributed by atoms with E-state index in [2.05, 4.69) is 16.3 Å². The number of aryl methyl sites for hydroxylation is 1. The zero-order chi connectivity index (χ0) is 23.1. The molecule has 1 fully saturated rings.